The first-order chi connectivity index (χ1) is 21.7. The van der Waals surface area contributed by atoms with Crippen LogP contribution in [0.3, 0.4) is 0 Å². The van der Waals surface area contributed by atoms with Crippen molar-refractivity contribution in [2.24, 2.45) is 5.92 Å². The summed E-state index contributed by atoms with van der Waals surface area (Å²) >= 11 is 0. The van der Waals surface area contributed by atoms with Crippen molar-refractivity contribution in [2.75, 3.05) is 37.4 Å². The molecule has 45 heavy (non-hydrogen) atoms. The van der Waals surface area contributed by atoms with E-state index in [0.29, 0.717) is 23.5 Å². The summed E-state index contributed by atoms with van der Waals surface area (Å²) < 4.78 is 6.57. The van der Waals surface area contributed by atoms with Gasteiger partial charge in [0.1, 0.15) is 11.9 Å². The Morgan fingerprint density at radius 1 is 1.04 bits per heavy atom. The molecule has 1 aliphatic heterocycles. The average Bonchev–Trinajstić information content (AvgIpc) is 3.08. The molecule has 0 radical (unpaired) electrons. The first-order valence-corrected chi connectivity index (χ1v) is 16.0. The fourth-order valence-electron chi connectivity index (χ4n) is 6.22. The van der Waals surface area contributed by atoms with Crippen LogP contribution in [0.4, 0.5) is 21.0 Å². The highest BCUT2D eigenvalue weighted by atomic mass is 16.5. The lowest BCUT2D eigenvalue weighted by atomic mass is 9.96. The lowest BCUT2D eigenvalue weighted by molar-refractivity contribution is -0.134. The summed E-state index contributed by atoms with van der Waals surface area (Å²) in [6.45, 7) is 4.25. The van der Waals surface area contributed by atoms with E-state index in [4.69, 9.17) is 4.74 Å². The highest BCUT2D eigenvalue weighted by Gasteiger charge is 2.32. The highest BCUT2D eigenvalue weighted by Crippen LogP contribution is 2.30. The molecular formula is C35H45N5O5. The van der Waals surface area contributed by atoms with E-state index < -0.39 is 12.1 Å². The molecular weight excluding hydrogens is 570 g/mol. The van der Waals surface area contributed by atoms with Gasteiger partial charge >= 0.3 is 12.1 Å². The van der Waals surface area contributed by atoms with E-state index in [-0.39, 0.29) is 49.5 Å². The van der Waals surface area contributed by atoms with Crippen LogP contribution in [0.5, 0.6) is 5.75 Å². The van der Waals surface area contributed by atoms with E-state index >= 15 is 0 Å². The lowest BCUT2D eigenvalue weighted by Crippen LogP contribution is -2.48. The number of rotatable bonds is 7. The van der Waals surface area contributed by atoms with Gasteiger partial charge in [0.05, 0.1) is 31.3 Å². The maximum absolute atomic E-state index is 13.6. The molecule has 0 spiro atoms. The monoisotopic (exact) mass is 615 g/mol. The molecule has 10 nitrogen and oxygen atoms in total. The van der Waals surface area contributed by atoms with E-state index in [9.17, 15) is 19.5 Å². The quantitative estimate of drug-likeness (QED) is 0.275. The Kier molecular flexibility index (Phi) is 10.4. The van der Waals surface area contributed by atoms with Crippen LogP contribution >= 0.6 is 0 Å². The molecule has 10 heteroatoms. The van der Waals surface area contributed by atoms with Crippen LogP contribution in [-0.2, 0) is 11.2 Å². The fourth-order valence-corrected chi connectivity index (χ4v) is 6.22. The summed E-state index contributed by atoms with van der Waals surface area (Å²) in [5, 5.41) is 21.0. The van der Waals surface area contributed by atoms with Gasteiger partial charge in [-0.15, -0.1) is 0 Å². The Morgan fingerprint density at radius 3 is 2.58 bits per heavy atom. The van der Waals surface area contributed by atoms with Gasteiger partial charge in [-0.1, -0.05) is 62.6 Å². The average molecular weight is 616 g/mol. The number of aliphatic hydroxyl groups is 1. The summed E-state index contributed by atoms with van der Waals surface area (Å²) in [7, 11) is 1.72. The van der Waals surface area contributed by atoms with Gasteiger partial charge in [-0.2, -0.15) is 0 Å². The molecule has 1 saturated carbocycles. The van der Waals surface area contributed by atoms with Crippen molar-refractivity contribution in [3.8, 4) is 5.75 Å². The van der Waals surface area contributed by atoms with Gasteiger partial charge in [-0.25, -0.2) is 9.59 Å². The van der Waals surface area contributed by atoms with Gasteiger partial charge in [0.15, 0.2) is 0 Å². The molecule has 5 rings (SSSR count). The molecule has 3 atom stereocenters. The van der Waals surface area contributed by atoms with Crippen LogP contribution in [0.15, 0.2) is 60.7 Å². The second-order valence-corrected chi connectivity index (χ2v) is 12.5. The van der Waals surface area contributed by atoms with Crippen molar-refractivity contribution in [2.45, 2.75) is 70.6 Å². The molecule has 0 saturated heterocycles. The van der Waals surface area contributed by atoms with Crippen molar-refractivity contribution in [1.82, 2.24) is 15.1 Å². The maximum Gasteiger partial charge on any atom is 0.321 e. The van der Waals surface area contributed by atoms with Crippen molar-refractivity contribution in [1.29, 1.82) is 0 Å². The predicted molar refractivity (Wildman–Crippen MR) is 177 cm³/mol. The summed E-state index contributed by atoms with van der Waals surface area (Å²) in [6.07, 6.45) is 4.99. The number of nitrogens with one attached hydrogen (secondary N) is 3. The number of urea groups is 2. The van der Waals surface area contributed by atoms with E-state index in [2.05, 4.69) is 16.0 Å². The Balaban J connectivity index is 1.34. The summed E-state index contributed by atoms with van der Waals surface area (Å²) in [5.41, 5.74) is 1.92. The molecule has 0 unspecified atom stereocenters. The lowest BCUT2D eigenvalue weighted by Gasteiger charge is -2.34. The highest BCUT2D eigenvalue weighted by molar-refractivity contribution is 6.01. The normalized spacial score (nSPS) is 19.7. The molecule has 0 bridgehead atoms. The number of likely N-dealkylation sites (N-methyl/N-ethyl adjacent to an activating group) is 1. The Hall–Kier alpha value is -4.31. The van der Waals surface area contributed by atoms with Crippen molar-refractivity contribution in [3.05, 3.63) is 66.2 Å². The molecule has 3 aromatic carbocycles. The topological polar surface area (TPSA) is 123 Å². The van der Waals surface area contributed by atoms with Gasteiger partial charge in [-0.3, -0.25) is 4.79 Å². The van der Waals surface area contributed by atoms with Crippen molar-refractivity contribution >= 4 is 40.1 Å². The summed E-state index contributed by atoms with van der Waals surface area (Å²) in [4.78, 5) is 43.0. The molecule has 1 heterocycles. The number of aliphatic hydroxyl groups excluding tert-OH is 1. The van der Waals surface area contributed by atoms with E-state index in [1.54, 1.807) is 35.0 Å². The number of fused-ring (bicyclic) bond motifs is 2. The second-order valence-electron chi connectivity index (χ2n) is 12.5. The third kappa shape index (κ3) is 8.05. The SMILES string of the molecule is C[C@H](CO)N1C[C@H](C)[C@@H](CN(C)C(=O)Nc2cccc3ccccc23)Oc2ccc(NC(=O)NC3CCCCC3)cc2CC1=O. The molecule has 4 N–H and O–H groups in total. The molecule has 2 aliphatic rings. The molecule has 3 aromatic rings. The minimum absolute atomic E-state index is 0.0519. The standard InChI is InChI=1S/C35H45N5O5/c1-23-20-40(24(2)22-41)33(42)19-26-18-28(37-34(43)36-27-12-5-4-6-13-27)16-17-31(26)45-32(23)21-39(3)35(44)38-30-15-9-11-25-10-7-8-14-29(25)30/h7-11,14-18,23-24,27,32,41H,4-6,12-13,19-22H2,1-3H3,(H,38,44)(H2,36,37,43)/t23-,24+,32+/m0/s1. The predicted octanol–water partition coefficient (Wildman–Crippen LogP) is 5.61. The first-order valence-electron chi connectivity index (χ1n) is 16.0. The minimum Gasteiger partial charge on any atom is -0.488 e. The third-order valence-electron chi connectivity index (χ3n) is 8.95. The van der Waals surface area contributed by atoms with Gasteiger partial charge in [0.2, 0.25) is 5.91 Å². The van der Waals surface area contributed by atoms with E-state index in [1.165, 1.54) is 6.42 Å². The number of carbonyl (C=O) groups excluding carboxylic acids is 3. The minimum atomic E-state index is -0.459. The second kappa shape index (κ2) is 14.6. The van der Waals surface area contributed by atoms with Crippen molar-refractivity contribution < 1.29 is 24.2 Å². The van der Waals surface area contributed by atoms with Gasteiger partial charge in [0, 0.05) is 42.2 Å². The number of ether oxygens (including phenoxy) is 1. The number of benzene rings is 3. The van der Waals surface area contributed by atoms with Crippen LogP contribution in [0, 0.1) is 5.92 Å². The zero-order valence-electron chi connectivity index (χ0n) is 26.4. The summed E-state index contributed by atoms with van der Waals surface area (Å²) in [5.74, 6) is 0.223. The zero-order chi connectivity index (χ0) is 31.9. The van der Waals surface area contributed by atoms with E-state index in [1.807, 2.05) is 56.3 Å². The van der Waals surface area contributed by atoms with Crippen LogP contribution in [0.1, 0.15) is 51.5 Å². The number of amides is 5. The largest absolute Gasteiger partial charge is 0.488 e. The van der Waals surface area contributed by atoms with Gasteiger partial charge in [0.25, 0.3) is 0 Å². The third-order valence-corrected chi connectivity index (χ3v) is 8.95. The van der Waals surface area contributed by atoms with Crippen LogP contribution in [-0.4, -0.2) is 77.8 Å². The van der Waals surface area contributed by atoms with Crippen LogP contribution < -0.4 is 20.7 Å². The molecule has 1 aliphatic carbocycles. The van der Waals surface area contributed by atoms with Gasteiger partial charge in [-0.05, 0) is 49.4 Å². The van der Waals surface area contributed by atoms with E-state index in [0.717, 1.165) is 42.1 Å². The number of hydrogen-bond acceptors (Lipinski definition) is 5. The molecule has 0 aromatic heterocycles. The number of nitrogens with zero attached hydrogens (tertiary/aromatic N) is 2. The van der Waals surface area contributed by atoms with Gasteiger partial charge < -0.3 is 35.6 Å². The number of hydrogen-bond donors (Lipinski definition) is 4. The molecule has 1 fully saturated rings. The Labute approximate surface area is 265 Å². The van der Waals surface area contributed by atoms with Crippen molar-refractivity contribution in [3.63, 3.8) is 0 Å². The molecule has 240 valence electrons. The molecule has 5 amide bonds. The Morgan fingerprint density at radius 2 is 1.80 bits per heavy atom. The summed E-state index contributed by atoms with van der Waals surface area (Å²) in [6, 6.07) is 18.2. The zero-order valence-corrected chi connectivity index (χ0v) is 26.4. The number of carbonyl (C=O) groups is 3. The first kappa shape index (κ1) is 32.1. The van der Waals surface area contributed by atoms with Crippen LogP contribution in [0.2, 0.25) is 0 Å². The van der Waals surface area contributed by atoms with Crippen LogP contribution in [0.25, 0.3) is 10.8 Å². The smallest absolute Gasteiger partial charge is 0.321 e. The Bertz CT molecular complexity index is 1500. The number of anilines is 2. The maximum atomic E-state index is 13.6. The fraction of sp³-hybridized carbons (Fsp3) is 0.457.